The number of ether oxygens (including phenoxy) is 1. The first-order chi connectivity index (χ1) is 17.2. The molecule has 1 N–H and O–H groups in total. The number of nitrogens with one attached hydrogen (secondary N) is 1. The number of aromatic nitrogens is 4. The molecular weight excluding hydrogens is 450 g/mol. The van der Waals surface area contributed by atoms with Gasteiger partial charge in [-0.1, -0.05) is 46.6 Å². The van der Waals surface area contributed by atoms with Crippen LogP contribution >= 0.6 is 0 Å². The molecule has 0 fully saturated rings. The fourth-order valence-electron chi connectivity index (χ4n) is 4.00. The first-order valence-electron chi connectivity index (χ1n) is 13.0. The lowest BCUT2D eigenvalue weighted by Gasteiger charge is -2.05. The molecule has 0 aliphatic rings. The van der Waals surface area contributed by atoms with Crippen LogP contribution in [0.4, 0.5) is 5.82 Å². The summed E-state index contributed by atoms with van der Waals surface area (Å²) in [6.45, 7) is 14.2. The molecule has 0 aliphatic carbocycles. The van der Waals surface area contributed by atoms with Crippen LogP contribution in [-0.2, 0) is 18.4 Å². The monoisotopic (exact) mass is 496 g/mol. The predicted molar refractivity (Wildman–Crippen MR) is 149 cm³/mol. The molecule has 0 aromatic carbocycles. The average molecular weight is 497 g/mol. The van der Waals surface area contributed by atoms with Crippen molar-refractivity contribution in [2.45, 2.75) is 86.6 Å². The Hall–Kier alpha value is -2.93. The van der Waals surface area contributed by atoms with Gasteiger partial charge in [-0.15, -0.1) is 0 Å². The molecule has 198 valence electrons. The summed E-state index contributed by atoms with van der Waals surface area (Å²) < 4.78 is 9.63. The van der Waals surface area contributed by atoms with Crippen LogP contribution < -0.4 is 14.8 Å². The first-order valence-corrected chi connectivity index (χ1v) is 13.0. The third-order valence-corrected chi connectivity index (χ3v) is 6.04. The Kier molecular flexibility index (Phi) is 12.4. The van der Waals surface area contributed by atoms with Gasteiger partial charge in [0.05, 0.1) is 27.3 Å². The predicted octanol–water partition coefficient (Wildman–Crippen LogP) is 6.77. The Morgan fingerprint density at radius 3 is 2.06 bits per heavy atom. The molecule has 2 heterocycles. The SMILES string of the molecule is CCOc1nc(NOC)c2c(n1)[n+](C)cn2C/C=C(\C)CC/C=C(\C)CC/C=C(\C)CCC=C(C)C. The fraction of sp³-hybridized carbons (Fsp3) is 0.552. The number of rotatable bonds is 15. The molecule has 36 heavy (non-hydrogen) atoms. The molecule has 2 aromatic rings. The number of fused-ring (bicyclic) bond motifs is 1. The Labute approximate surface area is 217 Å². The van der Waals surface area contributed by atoms with Gasteiger partial charge in [0, 0.05) is 0 Å². The van der Waals surface area contributed by atoms with Crippen molar-refractivity contribution in [3.8, 4) is 6.01 Å². The molecule has 0 unspecified atom stereocenters. The number of anilines is 1. The number of nitrogens with zero attached hydrogens (tertiary/aromatic N) is 4. The zero-order valence-corrected chi connectivity index (χ0v) is 23.6. The van der Waals surface area contributed by atoms with E-state index >= 15 is 0 Å². The van der Waals surface area contributed by atoms with E-state index in [9.17, 15) is 0 Å². The minimum atomic E-state index is 0.334. The molecular formula is C29H46N5O2+. The highest BCUT2D eigenvalue weighted by Crippen LogP contribution is 2.22. The number of hydrogen-bond donors (Lipinski definition) is 1. The van der Waals surface area contributed by atoms with Crippen molar-refractivity contribution in [3.05, 3.63) is 52.9 Å². The molecule has 0 bridgehead atoms. The molecule has 0 saturated heterocycles. The van der Waals surface area contributed by atoms with Gasteiger partial charge < -0.3 is 4.74 Å². The molecule has 0 aliphatic heterocycles. The van der Waals surface area contributed by atoms with Gasteiger partial charge in [0.2, 0.25) is 11.3 Å². The van der Waals surface area contributed by atoms with Crippen LogP contribution in [0.1, 0.15) is 80.1 Å². The van der Waals surface area contributed by atoms with E-state index in [0.29, 0.717) is 18.4 Å². The van der Waals surface area contributed by atoms with Crippen LogP contribution in [0.15, 0.2) is 52.9 Å². The Balaban J connectivity index is 1.93. The molecule has 0 atom stereocenters. The normalized spacial score (nSPS) is 12.8. The standard InChI is InChI=1S/C29H46N5O2/c1-9-36-29-30-27(32-35-8)26-28(31-29)33(7)21-34(26)20-19-25(6)18-12-17-24(5)16-11-15-23(4)14-10-13-22(2)3/h13,15,17,19,21H,9-12,14,16,18,20H2,1-8H3,(H,30,31,32)/q+1/b23-15+,24-17+,25-19+. The number of hydrogen-bond acceptors (Lipinski definition) is 5. The van der Waals surface area contributed by atoms with E-state index in [-0.39, 0.29) is 0 Å². The highest BCUT2D eigenvalue weighted by Gasteiger charge is 2.22. The number of imidazole rings is 1. The van der Waals surface area contributed by atoms with Gasteiger partial charge in [0.15, 0.2) is 6.33 Å². The van der Waals surface area contributed by atoms with Gasteiger partial charge in [-0.05, 0) is 85.1 Å². The summed E-state index contributed by atoms with van der Waals surface area (Å²) in [4.78, 5) is 14.2. The molecule has 2 rings (SSSR count). The van der Waals surface area contributed by atoms with E-state index in [1.807, 2.05) is 24.9 Å². The lowest BCUT2D eigenvalue weighted by atomic mass is 10.0. The largest absolute Gasteiger partial charge is 0.451 e. The van der Waals surface area contributed by atoms with Crippen molar-refractivity contribution < 1.29 is 14.1 Å². The van der Waals surface area contributed by atoms with Crippen LogP contribution in [0.25, 0.3) is 11.2 Å². The van der Waals surface area contributed by atoms with Crippen molar-refractivity contribution in [1.82, 2.24) is 14.5 Å². The third kappa shape index (κ3) is 9.61. The van der Waals surface area contributed by atoms with Crippen LogP contribution in [0.2, 0.25) is 0 Å². The van der Waals surface area contributed by atoms with E-state index < -0.39 is 0 Å². The summed E-state index contributed by atoms with van der Waals surface area (Å²) in [5, 5.41) is 0. The second-order valence-electron chi connectivity index (χ2n) is 9.69. The van der Waals surface area contributed by atoms with Crippen LogP contribution in [0.3, 0.4) is 0 Å². The number of allylic oxidation sites excluding steroid dienone is 8. The maximum absolute atomic E-state index is 5.52. The highest BCUT2D eigenvalue weighted by molar-refractivity contribution is 5.81. The molecule has 0 saturated carbocycles. The molecule has 0 spiro atoms. The summed E-state index contributed by atoms with van der Waals surface area (Å²) in [6, 6.07) is 0.334. The van der Waals surface area contributed by atoms with E-state index in [1.165, 1.54) is 22.3 Å². The fourth-order valence-corrected chi connectivity index (χ4v) is 4.00. The minimum absolute atomic E-state index is 0.334. The maximum atomic E-state index is 5.52. The Bertz CT molecular complexity index is 1100. The summed E-state index contributed by atoms with van der Waals surface area (Å²) in [7, 11) is 3.55. The van der Waals surface area contributed by atoms with Crippen molar-refractivity contribution in [2.75, 3.05) is 19.2 Å². The zero-order chi connectivity index (χ0) is 26.5. The quantitative estimate of drug-likeness (QED) is 0.167. The second kappa shape index (κ2) is 15.2. The van der Waals surface area contributed by atoms with E-state index in [2.05, 4.69) is 78.9 Å². The second-order valence-corrected chi connectivity index (χ2v) is 9.69. The molecule has 7 nitrogen and oxygen atoms in total. The van der Waals surface area contributed by atoms with Crippen LogP contribution in [0.5, 0.6) is 6.01 Å². The van der Waals surface area contributed by atoms with Crippen LogP contribution in [0, 0.1) is 0 Å². The lowest BCUT2D eigenvalue weighted by molar-refractivity contribution is -0.647. The molecule has 2 aromatic heterocycles. The third-order valence-electron chi connectivity index (χ3n) is 6.04. The summed E-state index contributed by atoms with van der Waals surface area (Å²) in [5.41, 5.74) is 10.3. The van der Waals surface area contributed by atoms with Crippen molar-refractivity contribution >= 4 is 17.0 Å². The Morgan fingerprint density at radius 2 is 1.50 bits per heavy atom. The molecule has 7 heteroatoms. The molecule has 0 amide bonds. The zero-order valence-electron chi connectivity index (χ0n) is 23.6. The van der Waals surface area contributed by atoms with Gasteiger partial charge in [0.1, 0.15) is 0 Å². The van der Waals surface area contributed by atoms with Crippen LogP contribution in [-0.4, -0.2) is 28.3 Å². The van der Waals surface area contributed by atoms with Gasteiger partial charge in [-0.3, -0.25) is 9.40 Å². The highest BCUT2D eigenvalue weighted by atomic mass is 16.6. The first kappa shape index (κ1) is 29.3. The molecule has 0 radical (unpaired) electrons. The van der Waals surface area contributed by atoms with Gasteiger partial charge >= 0.3 is 11.7 Å². The van der Waals surface area contributed by atoms with Gasteiger partial charge in [0.25, 0.3) is 0 Å². The summed E-state index contributed by atoms with van der Waals surface area (Å²) in [6.07, 6.45) is 18.1. The van der Waals surface area contributed by atoms with Crippen molar-refractivity contribution in [1.29, 1.82) is 0 Å². The van der Waals surface area contributed by atoms with Gasteiger partial charge in [-0.25, -0.2) is 10.0 Å². The Morgan fingerprint density at radius 1 is 0.917 bits per heavy atom. The van der Waals surface area contributed by atoms with E-state index in [4.69, 9.17) is 9.57 Å². The van der Waals surface area contributed by atoms with Crippen molar-refractivity contribution in [2.24, 2.45) is 7.05 Å². The van der Waals surface area contributed by atoms with Gasteiger partial charge in [-0.2, -0.15) is 4.98 Å². The number of aryl methyl sites for hydroxylation is 1. The van der Waals surface area contributed by atoms with Crippen molar-refractivity contribution in [3.63, 3.8) is 0 Å². The minimum Gasteiger partial charge on any atom is -0.451 e. The maximum Gasteiger partial charge on any atom is 0.397 e. The topological polar surface area (TPSA) is 65.1 Å². The van der Waals surface area contributed by atoms with E-state index in [0.717, 1.165) is 56.2 Å². The average Bonchev–Trinajstić information content (AvgIpc) is 3.13. The van der Waals surface area contributed by atoms with E-state index in [1.54, 1.807) is 7.11 Å². The lowest BCUT2D eigenvalue weighted by Crippen LogP contribution is -2.26. The summed E-state index contributed by atoms with van der Waals surface area (Å²) in [5.74, 6) is 0.595. The smallest absolute Gasteiger partial charge is 0.397 e. The summed E-state index contributed by atoms with van der Waals surface area (Å²) >= 11 is 0.